The Kier molecular flexibility index (Phi) is 7.38. The first-order valence-corrected chi connectivity index (χ1v) is 12.4. The van der Waals surface area contributed by atoms with E-state index in [9.17, 15) is 13.6 Å². The molecule has 2 fully saturated rings. The molecular formula is C25H30F2N6O3. The fraction of sp³-hybridized carbons (Fsp3) is 0.520. The van der Waals surface area contributed by atoms with E-state index in [1.807, 2.05) is 4.90 Å². The first-order chi connectivity index (χ1) is 17.5. The Morgan fingerprint density at radius 2 is 1.86 bits per heavy atom. The van der Waals surface area contributed by atoms with Crippen molar-refractivity contribution < 1.29 is 23.0 Å². The van der Waals surface area contributed by atoms with E-state index in [2.05, 4.69) is 15.0 Å². The highest BCUT2D eigenvalue weighted by Crippen LogP contribution is 2.32. The van der Waals surface area contributed by atoms with E-state index in [1.54, 1.807) is 30.3 Å². The number of para-hydroxylation sites is 2. The summed E-state index contributed by atoms with van der Waals surface area (Å²) >= 11 is 0. The Morgan fingerprint density at radius 3 is 2.58 bits per heavy atom. The number of morpholine rings is 1. The standard InChI is InChI=1S/C25H30F2N6O3/c26-23(27)24-29-19-3-1-2-4-20(19)33(24)21-14-22(31-25(30-21)32-9-11-35-12-10-32)36-18-7-5-16(6-8-18)13-17(34)15-28/h1-4,14,16,18,23H,5-13,15,28H2. The van der Waals surface area contributed by atoms with Crippen LogP contribution in [0, 0.1) is 5.92 Å². The molecule has 3 heterocycles. The van der Waals surface area contributed by atoms with Gasteiger partial charge in [-0.05, 0) is 43.7 Å². The number of fused-ring (bicyclic) bond motifs is 1. The maximum Gasteiger partial charge on any atom is 0.296 e. The van der Waals surface area contributed by atoms with E-state index in [0.29, 0.717) is 61.5 Å². The molecule has 192 valence electrons. The maximum absolute atomic E-state index is 14.0. The number of carbonyl (C=O) groups excluding carboxylic acids is 1. The summed E-state index contributed by atoms with van der Waals surface area (Å²) in [5, 5.41) is 0. The number of imidazole rings is 1. The lowest BCUT2D eigenvalue weighted by molar-refractivity contribution is -0.119. The van der Waals surface area contributed by atoms with Crippen molar-refractivity contribution in [2.24, 2.45) is 11.7 Å². The summed E-state index contributed by atoms with van der Waals surface area (Å²) in [7, 11) is 0. The molecule has 9 nitrogen and oxygen atoms in total. The van der Waals surface area contributed by atoms with Crippen LogP contribution in [0.2, 0.25) is 0 Å². The first-order valence-electron chi connectivity index (χ1n) is 12.4. The van der Waals surface area contributed by atoms with Gasteiger partial charge >= 0.3 is 0 Å². The number of carbonyl (C=O) groups is 1. The molecule has 2 aliphatic rings. The van der Waals surface area contributed by atoms with Crippen molar-refractivity contribution in [3.8, 4) is 11.7 Å². The Morgan fingerprint density at radius 1 is 1.11 bits per heavy atom. The molecule has 0 spiro atoms. The van der Waals surface area contributed by atoms with E-state index in [4.69, 9.17) is 15.2 Å². The summed E-state index contributed by atoms with van der Waals surface area (Å²) < 4.78 is 41.1. The molecule has 0 radical (unpaired) electrons. The van der Waals surface area contributed by atoms with Crippen molar-refractivity contribution in [1.82, 2.24) is 19.5 Å². The van der Waals surface area contributed by atoms with Crippen LogP contribution in [0.4, 0.5) is 14.7 Å². The smallest absolute Gasteiger partial charge is 0.296 e. The number of aromatic nitrogens is 4. The van der Waals surface area contributed by atoms with Gasteiger partial charge < -0.3 is 20.1 Å². The summed E-state index contributed by atoms with van der Waals surface area (Å²) in [4.78, 5) is 27.1. The number of nitrogens with two attached hydrogens (primary N) is 1. The second-order valence-corrected chi connectivity index (χ2v) is 9.27. The summed E-state index contributed by atoms with van der Waals surface area (Å²) in [6.45, 7) is 2.33. The quantitative estimate of drug-likeness (QED) is 0.501. The predicted octanol–water partition coefficient (Wildman–Crippen LogP) is 3.45. The van der Waals surface area contributed by atoms with Gasteiger partial charge in [0.2, 0.25) is 11.8 Å². The minimum absolute atomic E-state index is 0.0774. The second kappa shape index (κ2) is 10.8. The van der Waals surface area contributed by atoms with E-state index < -0.39 is 6.43 Å². The molecule has 1 aliphatic heterocycles. The maximum atomic E-state index is 14.0. The van der Waals surface area contributed by atoms with Crippen LogP contribution < -0.4 is 15.4 Å². The third-order valence-electron chi connectivity index (χ3n) is 6.81. The predicted molar refractivity (Wildman–Crippen MR) is 130 cm³/mol. The summed E-state index contributed by atoms with van der Waals surface area (Å²) in [5.41, 5.74) is 6.46. The fourth-order valence-electron chi connectivity index (χ4n) is 4.94. The van der Waals surface area contributed by atoms with Gasteiger partial charge in [0.15, 0.2) is 5.82 Å². The molecule has 1 saturated heterocycles. The van der Waals surface area contributed by atoms with E-state index in [0.717, 1.165) is 25.7 Å². The number of benzene rings is 1. The second-order valence-electron chi connectivity index (χ2n) is 9.27. The third-order valence-corrected chi connectivity index (χ3v) is 6.81. The zero-order valence-corrected chi connectivity index (χ0v) is 20.0. The molecule has 0 atom stereocenters. The molecule has 36 heavy (non-hydrogen) atoms. The van der Waals surface area contributed by atoms with Gasteiger partial charge in [-0.2, -0.15) is 9.97 Å². The number of anilines is 1. The van der Waals surface area contributed by atoms with E-state index in [-0.39, 0.29) is 30.1 Å². The number of ketones is 1. The van der Waals surface area contributed by atoms with Gasteiger partial charge in [0.25, 0.3) is 6.43 Å². The zero-order chi connectivity index (χ0) is 25.1. The number of rotatable bonds is 8. The van der Waals surface area contributed by atoms with Crippen molar-refractivity contribution in [2.75, 3.05) is 37.7 Å². The topological polar surface area (TPSA) is 108 Å². The number of ether oxygens (including phenoxy) is 2. The monoisotopic (exact) mass is 500 g/mol. The number of nitrogens with zero attached hydrogens (tertiary/aromatic N) is 5. The van der Waals surface area contributed by atoms with Crippen molar-refractivity contribution in [1.29, 1.82) is 0 Å². The van der Waals surface area contributed by atoms with Crippen LogP contribution in [-0.4, -0.2) is 64.3 Å². The van der Waals surface area contributed by atoms with Gasteiger partial charge in [0.05, 0.1) is 30.8 Å². The number of alkyl halides is 2. The van der Waals surface area contributed by atoms with Crippen LogP contribution >= 0.6 is 0 Å². The molecule has 0 unspecified atom stereocenters. The highest BCUT2D eigenvalue weighted by molar-refractivity contribution is 5.80. The van der Waals surface area contributed by atoms with Crippen LogP contribution in [0.3, 0.4) is 0 Å². The lowest BCUT2D eigenvalue weighted by atomic mass is 9.84. The molecule has 1 aliphatic carbocycles. The Balaban J connectivity index is 1.46. The van der Waals surface area contributed by atoms with Crippen molar-refractivity contribution >= 4 is 22.8 Å². The van der Waals surface area contributed by atoms with Gasteiger partial charge in [-0.25, -0.2) is 13.8 Å². The van der Waals surface area contributed by atoms with Crippen molar-refractivity contribution in [3.05, 3.63) is 36.2 Å². The summed E-state index contributed by atoms with van der Waals surface area (Å²) in [6.07, 6.45) is 0.944. The number of halogens is 2. The first kappa shape index (κ1) is 24.5. The van der Waals surface area contributed by atoms with Gasteiger partial charge in [0.1, 0.15) is 17.7 Å². The molecule has 11 heteroatoms. The highest BCUT2D eigenvalue weighted by Gasteiger charge is 2.27. The Bertz CT molecular complexity index is 1210. The van der Waals surface area contributed by atoms with Crippen LogP contribution in [-0.2, 0) is 9.53 Å². The van der Waals surface area contributed by atoms with E-state index >= 15 is 0 Å². The van der Waals surface area contributed by atoms with Crippen LogP contribution in [0.5, 0.6) is 5.88 Å². The number of hydrogen-bond donors (Lipinski definition) is 1. The lowest BCUT2D eigenvalue weighted by Crippen LogP contribution is -2.37. The average Bonchev–Trinajstić information content (AvgIpc) is 3.30. The molecular weight excluding hydrogens is 470 g/mol. The summed E-state index contributed by atoms with van der Waals surface area (Å²) in [5.74, 6) is 1.05. The molecule has 0 bridgehead atoms. The average molecular weight is 501 g/mol. The van der Waals surface area contributed by atoms with Crippen molar-refractivity contribution in [2.45, 2.75) is 44.6 Å². The Labute approximate surface area is 207 Å². The molecule has 0 amide bonds. The van der Waals surface area contributed by atoms with Gasteiger partial charge in [-0.1, -0.05) is 12.1 Å². The minimum Gasteiger partial charge on any atom is -0.474 e. The number of hydrogen-bond acceptors (Lipinski definition) is 8. The zero-order valence-electron chi connectivity index (χ0n) is 20.0. The number of Topliss-reactive ketones (excluding diaryl/α,β-unsaturated/α-hetero) is 1. The molecule has 2 aromatic heterocycles. The SMILES string of the molecule is NCC(=O)CC1CCC(Oc2cc(-n3c(C(F)F)nc4ccccc43)nc(N3CCOCC3)n2)CC1. The lowest BCUT2D eigenvalue weighted by Gasteiger charge is -2.30. The van der Waals surface area contributed by atoms with Gasteiger partial charge in [-0.15, -0.1) is 0 Å². The molecule has 1 aromatic carbocycles. The fourth-order valence-corrected chi connectivity index (χ4v) is 4.94. The summed E-state index contributed by atoms with van der Waals surface area (Å²) in [6, 6.07) is 8.60. The molecule has 3 aromatic rings. The minimum atomic E-state index is -2.78. The van der Waals surface area contributed by atoms with Crippen LogP contribution in [0.1, 0.15) is 44.4 Å². The van der Waals surface area contributed by atoms with Crippen LogP contribution in [0.25, 0.3) is 16.9 Å². The largest absolute Gasteiger partial charge is 0.474 e. The molecule has 1 saturated carbocycles. The molecule has 2 N–H and O–H groups in total. The third kappa shape index (κ3) is 5.31. The Hall–Kier alpha value is -3.18. The van der Waals surface area contributed by atoms with Gasteiger partial charge in [0, 0.05) is 25.6 Å². The highest BCUT2D eigenvalue weighted by atomic mass is 19.3. The van der Waals surface area contributed by atoms with Gasteiger partial charge in [-0.3, -0.25) is 9.36 Å². The molecule has 5 rings (SSSR count). The van der Waals surface area contributed by atoms with Crippen molar-refractivity contribution in [3.63, 3.8) is 0 Å². The normalized spacial score (nSPS) is 20.7. The van der Waals surface area contributed by atoms with Crippen LogP contribution in [0.15, 0.2) is 30.3 Å². The van der Waals surface area contributed by atoms with E-state index in [1.165, 1.54) is 4.57 Å².